The maximum absolute atomic E-state index is 13.6. The summed E-state index contributed by atoms with van der Waals surface area (Å²) in [6, 6.07) is 5.18. The quantitative estimate of drug-likeness (QED) is 0.766. The van der Waals surface area contributed by atoms with Crippen LogP contribution < -0.4 is 10.6 Å². The van der Waals surface area contributed by atoms with Gasteiger partial charge >= 0.3 is 0 Å². The molecule has 0 saturated carbocycles. The first-order valence-corrected chi connectivity index (χ1v) is 6.23. The third-order valence-electron chi connectivity index (χ3n) is 2.64. The Bertz CT molecular complexity index is 786. The largest absolute Gasteiger partial charge is 0.360 e. The van der Waals surface area contributed by atoms with Crippen LogP contribution in [0.4, 0.5) is 32.1 Å². The van der Waals surface area contributed by atoms with Crippen LogP contribution >= 0.6 is 0 Å². The van der Waals surface area contributed by atoms with E-state index in [1.54, 1.807) is 13.0 Å². The van der Waals surface area contributed by atoms with E-state index in [-0.39, 0.29) is 17.5 Å². The van der Waals surface area contributed by atoms with E-state index < -0.39 is 11.6 Å². The zero-order chi connectivity index (χ0) is 15.5. The summed E-state index contributed by atoms with van der Waals surface area (Å²) in [5.74, 6) is -0.232. The number of para-hydroxylation sites is 1. The van der Waals surface area contributed by atoms with E-state index in [1.807, 2.05) is 0 Å². The predicted octanol–water partition coefficient (Wildman–Crippen LogP) is 2.93. The van der Waals surface area contributed by atoms with Gasteiger partial charge in [0.25, 0.3) is 0 Å². The van der Waals surface area contributed by atoms with Gasteiger partial charge in [0.05, 0.1) is 6.20 Å². The lowest BCUT2D eigenvalue weighted by atomic mass is 10.3. The Labute approximate surface area is 123 Å². The molecule has 0 saturated heterocycles. The minimum atomic E-state index is -0.736. The molecule has 0 fully saturated rings. The molecule has 0 aliphatic carbocycles. The number of nitrogens with zero attached hydrogens (tertiary/aromatic N) is 4. The van der Waals surface area contributed by atoms with Crippen molar-refractivity contribution in [2.75, 3.05) is 10.6 Å². The highest BCUT2D eigenvalue weighted by molar-refractivity contribution is 5.58. The van der Waals surface area contributed by atoms with Crippen molar-refractivity contribution >= 4 is 23.3 Å². The van der Waals surface area contributed by atoms with Crippen LogP contribution in [-0.2, 0) is 0 Å². The molecule has 0 aliphatic rings. The fourth-order valence-corrected chi connectivity index (χ4v) is 1.70. The molecule has 0 unspecified atom stereocenters. The molecule has 22 heavy (non-hydrogen) atoms. The maximum Gasteiger partial charge on any atom is 0.250 e. The topological polar surface area (TPSA) is 88.8 Å². The summed E-state index contributed by atoms with van der Waals surface area (Å²) in [6.45, 7) is 1.73. The molecule has 0 atom stereocenters. The van der Waals surface area contributed by atoms with E-state index in [4.69, 9.17) is 4.52 Å². The van der Waals surface area contributed by atoms with Crippen molar-refractivity contribution in [2.45, 2.75) is 6.92 Å². The number of halogens is 2. The molecule has 0 amide bonds. The van der Waals surface area contributed by atoms with E-state index in [0.717, 1.165) is 12.1 Å². The monoisotopic (exact) mass is 304 g/mol. The van der Waals surface area contributed by atoms with Crippen molar-refractivity contribution in [3.8, 4) is 0 Å². The van der Waals surface area contributed by atoms with Gasteiger partial charge in [-0.1, -0.05) is 11.2 Å². The van der Waals surface area contributed by atoms with Gasteiger partial charge in [-0.2, -0.15) is 10.1 Å². The van der Waals surface area contributed by atoms with Crippen LogP contribution in [0.3, 0.4) is 0 Å². The number of aryl methyl sites for hydroxylation is 1. The van der Waals surface area contributed by atoms with E-state index in [2.05, 4.69) is 31.0 Å². The molecule has 2 aromatic heterocycles. The van der Waals surface area contributed by atoms with Crippen LogP contribution in [0, 0.1) is 18.6 Å². The first-order valence-electron chi connectivity index (χ1n) is 6.23. The van der Waals surface area contributed by atoms with Gasteiger partial charge in [-0.3, -0.25) is 0 Å². The summed E-state index contributed by atoms with van der Waals surface area (Å²) in [4.78, 5) is 4.04. The van der Waals surface area contributed by atoms with Crippen molar-refractivity contribution in [1.29, 1.82) is 0 Å². The van der Waals surface area contributed by atoms with Gasteiger partial charge in [0.1, 0.15) is 23.1 Å². The Hall–Kier alpha value is -3.10. The first kappa shape index (κ1) is 13.9. The van der Waals surface area contributed by atoms with Crippen molar-refractivity contribution in [3.05, 3.63) is 47.9 Å². The maximum atomic E-state index is 13.6. The molecule has 0 radical (unpaired) electrons. The molecule has 0 bridgehead atoms. The van der Waals surface area contributed by atoms with Crippen molar-refractivity contribution in [1.82, 2.24) is 20.3 Å². The third kappa shape index (κ3) is 2.97. The van der Waals surface area contributed by atoms with Crippen LogP contribution in [0.2, 0.25) is 0 Å². The standard InChI is InChI=1S/C13H10F2N6O/c1-7-5-10(21-22-7)18-13-19-11(6-16-20-13)17-12-8(14)3-2-4-9(12)15/h2-6H,1H3,(H2,17,18,19,20,21). The summed E-state index contributed by atoms with van der Waals surface area (Å²) < 4.78 is 32.1. The smallest absolute Gasteiger partial charge is 0.250 e. The lowest BCUT2D eigenvalue weighted by molar-refractivity contribution is 0.400. The van der Waals surface area contributed by atoms with E-state index >= 15 is 0 Å². The molecular formula is C13H10F2N6O. The lowest BCUT2D eigenvalue weighted by Crippen LogP contribution is -2.04. The molecule has 0 spiro atoms. The highest BCUT2D eigenvalue weighted by Gasteiger charge is 2.10. The Morgan fingerprint density at radius 3 is 2.55 bits per heavy atom. The van der Waals surface area contributed by atoms with Crippen LogP contribution in [0.15, 0.2) is 35.0 Å². The molecule has 7 nitrogen and oxygen atoms in total. The van der Waals surface area contributed by atoms with Gasteiger partial charge in [-0.15, -0.1) is 5.10 Å². The van der Waals surface area contributed by atoms with Gasteiger partial charge in [0.2, 0.25) is 5.95 Å². The average molecular weight is 304 g/mol. The van der Waals surface area contributed by atoms with Crippen molar-refractivity contribution < 1.29 is 13.3 Å². The van der Waals surface area contributed by atoms with Crippen LogP contribution in [0.5, 0.6) is 0 Å². The summed E-state index contributed by atoms with van der Waals surface area (Å²) >= 11 is 0. The molecule has 1 aromatic carbocycles. The first-order chi connectivity index (χ1) is 10.6. The second kappa shape index (κ2) is 5.72. The Kier molecular flexibility index (Phi) is 3.60. The molecule has 112 valence electrons. The van der Waals surface area contributed by atoms with Gasteiger partial charge < -0.3 is 15.2 Å². The lowest BCUT2D eigenvalue weighted by Gasteiger charge is -2.08. The zero-order valence-corrected chi connectivity index (χ0v) is 11.3. The minimum Gasteiger partial charge on any atom is -0.360 e. The molecular weight excluding hydrogens is 294 g/mol. The Balaban J connectivity index is 1.82. The average Bonchev–Trinajstić information content (AvgIpc) is 2.89. The number of aromatic nitrogens is 4. The van der Waals surface area contributed by atoms with Gasteiger partial charge in [0, 0.05) is 6.07 Å². The van der Waals surface area contributed by atoms with Crippen molar-refractivity contribution in [3.63, 3.8) is 0 Å². The van der Waals surface area contributed by atoms with Crippen molar-refractivity contribution in [2.24, 2.45) is 0 Å². The van der Waals surface area contributed by atoms with E-state index in [9.17, 15) is 8.78 Å². The summed E-state index contributed by atoms with van der Waals surface area (Å²) in [7, 11) is 0. The summed E-state index contributed by atoms with van der Waals surface area (Å²) in [5.41, 5.74) is -0.314. The Morgan fingerprint density at radius 2 is 1.86 bits per heavy atom. The number of rotatable bonds is 4. The second-order valence-electron chi connectivity index (χ2n) is 4.33. The Morgan fingerprint density at radius 1 is 1.09 bits per heavy atom. The molecule has 3 aromatic rings. The van der Waals surface area contributed by atoms with Gasteiger partial charge in [-0.25, -0.2) is 8.78 Å². The molecule has 3 rings (SSSR count). The van der Waals surface area contributed by atoms with Crippen LogP contribution in [0.1, 0.15) is 5.76 Å². The van der Waals surface area contributed by atoms with E-state index in [0.29, 0.717) is 11.6 Å². The molecule has 0 aliphatic heterocycles. The zero-order valence-electron chi connectivity index (χ0n) is 11.3. The third-order valence-corrected chi connectivity index (χ3v) is 2.64. The minimum absolute atomic E-state index is 0.107. The van der Waals surface area contributed by atoms with Crippen LogP contribution in [0.25, 0.3) is 0 Å². The summed E-state index contributed by atoms with van der Waals surface area (Å²) in [6.07, 6.45) is 1.24. The number of hydrogen-bond donors (Lipinski definition) is 2. The number of anilines is 4. The number of benzene rings is 1. The van der Waals surface area contributed by atoms with Gasteiger partial charge in [-0.05, 0) is 19.1 Å². The molecule has 2 heterocycles. The molecule has 9 heteroatoms. The van der Waals surface area contributed by atoms with E-state index in [1.165, 1.54) is 12.3 Å². The molecule has 2 N–H and O–H groups in total. The highest BCUT2D eigenvalue weighted by atomic mass is 19.1. The highest BCUT2D eigenvalue weighted by Crippen LogP contribution is 2.22. The fourth-order valence-electron chi connectivity index (χ4n) is 1.70. The van der Waals surface area contributed by atoms with Crippen LogP contribution in [-0.4, -0.2) is 20.3 Å². The van der Waals surface area contributed by atoms with Gasteiger partial charge in [0.15, 0.2) is 11.6 Å². The fraction of sp³-hybridized carbons (Fsp3) is 0.0769. The predicted molar refractivity (Wildman–Crippen MR) is 74.0 cm³/mol. The SMILES string of the molecule is Cc1cc(Nc2nncc(Nc3c(F)cccc3F)n2)no1. The second-order valence-corrected chi connectivity index (χ2v) is 4.33. The normalized spacial score (nSPS) is 10.5. The number of nitrogens with one attached hydrogen (secondary N) is 2. The number of hydrogen-bond acceptors (Lipinski definition) is 7. The summed E-state index contributed by atoms with van der Waals surface area (Å²) in [5, 5.41) is 16.5.